The van der Waals surface area contributed by atoms with Crippen LogP contribution in [0.15, 0.2) is 35.5 Å². The molecule has 136 valence electrons. The Balaban J connectivity index is 1.62. The third-order valence-corrected chi connectivity index (χ3v) is 4.98. The van der Waals surface area contributed by atoms with Crippen LogP contribution in [-0.4, -0.2) is 51.2 Å². The molecule has 1 aromatic carbocycles. The van der Waals surface area contributed by atoms with E-state index in [2.05, 4.69) is 10.5 Å². The molecule has 1 amide bonds. The maximum Gasteiger partial charge on any atom is 0.226 e. The Morgan fingerprint density at radius 3 is 2.80 bits per heavy atom. The molecule has 0 aliphatic carbocycles. The van der Waals surface area contributed by atoms with Gasteiger partial charge in [-0.25, -0.2) is 0 Å². The van der Waals surface area contributed by atoms with E-state index in [9.17, 15) is 4.79 Å². The van der Waals surface area contributed by atoms with Crippen molar-refractivity contribution in [3.05, 3.63) is 35.9 Å². The predicted octanol–water partition coefficient (Wildman–Crippen LogP) is 2.13. The number of carbonyl (C=O) groups excluding carboxylic acids is 1. The number of amides is 1. The van der Waals surface area contributed by atoms with Crippen LogP contribution in [-0.2, 0) is 19.1 Å². The Kier molecular flexibility index (Phi) is 6.04. The lowest BCUT2D eigenvalue weighted by Gasteiger charge is -2.36. The third-order valence-electron chi connectivity index (χ3n) is 4.98. The predicted molar refractivity (Wildman–Crippen MR) is 94.5 cm³/mol. The number of ether oxygens (including phenoxy) is 2. The number of methoxy groups -OCH3 is 1. The lowest BCUT2D eigenvalue weighted by Crippen LogP contribution is -2.47. The van der Waals surface area contributed by atoms with E-state index in [1.165, 1.54) is 0 Å². The second-order valence-corrected chi connectivity index (χ2v) is 6.68. The van der Waals surface area contributed by atoms with E-state index < -0.39 is 5.41 Å². The van der Waals surface area contributed by atoms with Crippen molar-refractivity contribution >= 4 is 11.6 Å². The zero-order valence-corrected chi connectivity index (χ0v) is 14.7. The maximum atomic E-state index is 12.8. The summed E-state index contributed by atoms with van der Waals surface area (Å²) in [6.45, 7) is 2.25. The van der Waals surface area contributed by atoms with Gasteiger partial charge in [-0.1, -0.05) is 35.5 Å². The summed E-state index contributed by atoms with van der Waals surface area (Å²) >= 11 is 0. The van der Waals surface area contributed by atoms with Crippen LogP contribution in [0.3, 0.4) is 0 Å². The number of oxime groups is 1. The number of hydrogen-bond donors (Lipinski definition) is 1. The van der Waals surface area contributed by atoms with Crippen LogP contribution >= 0.6 is 0 Å². The normalized spacial score (nSPS) is 22.1. The summed E-state index contributed by atoms with van der Waals surface area (Å²) in [5.74, 6) is 0.0737. The highest BCUT2D eigenvalue weighted by Crippen LogP contribution is 2.38. The second-order valence-electron chi connectivity index (χ2n) is 6.68. The van der Waals surface area contributed by atoms with Crippen LogP contribution in [0.5, 0.6) is 0 Å². The fraction of sp³-hybridized carbons (Fsp3) is 0.579. The van der Waals surface area contributed by atoms with E-state index in [1.54, 1.807) is 7.11 Å². The number of rotatable bonds is 7. The molecule has 25 heavy (non-hydrogen) atoms. The molecule has 0 bridgehead atoms. The van der Waals surface area contributed by atoms with Gasteiger partial charge in [-0.3, -0.25) is 4.79 Å². The molecule has 0 radical (unpaired) electrons. The van der Waals surface area contributed by atoms with Gasteiger partial charge in [-0.15, -0.1) is 0 Å². The summed E-state index contributed by atoms with van der Waals surface area (Å²) in [7, 11) is 1.63. The van der Waals surface area contributed by atoms with Gasteiger partial charge in [-0.05, 0) is 18.4 Å². The highest BCUT2D eigenvalue weighted by molar-refractivity contribution is 6.01. The third kappa shape index (κ3) is 4.38. The summed E-state index contributed by atoms with van der Waals surface area (Å²) < 4.78 is 10.5. The van der Waals surface area contributed by atoms with Crippen LogP contribution in [0.4, 0.5) is 0 Å². The summed E-state index contributed by atoms with van der Waals surface area (Å²) in [6, 6.07) is 10.0. The minimum Gasteiger partial charge on any atom is -0.392 e. The van der Waals surface area contributed by atoms with Crippen molar-refractivity contribution in [2.24, 2.45) is 10.6 Å². The highest BCUT2D eigenvalue weighted by Gasteiger charge is 2.43. The number of nitrogens with one attached hydrogen (secondary N) is 1. The molecule has 6 heteroatoms. The van der Waals surface area contributed by atoms with E-state index in [0.29, 0.717) is 45.6 Å². The molecular weight excluding hydrogens is 320 g/mol. The Morgan fingerprint density at radius 1 is 1.32 bits per heavy atom. The van der Waals surface area contributed by atoms with Gasteiger partial charge in [0.05, 0.1) is 17.7 Å². The Morgan fingerprint density at radius 2 is 2.08 bits per heavy atom. The van der Waals surface area contributed by atoms with Gasteiger partial charge in [0.15, 0.2) is 0 Å². The quantitative estimate of drug-likeness (QED) is 0.768. The topological polar surface area (TPSA) is 69.2 Å². The Bertz CT molecular complexity index is 597. The average Bonchev–Trinajstić information content (AvgIpc) is 3.11. The first kappa shape index (κ1) is 17.9. The molecule has 3 rings (SSSR count). The molecule has 0 saturated carbocycles. The Labute approximate surface area is 148 Å². The molecule has 1 atom stereocenters. The smallest absolute Gasteiger partial charge is 0.226 e. The minimum atomic E-state index is -0.446. The molecule has 1 saturated heterocycles. The largest absolute Gasteiger partial charge is 0.392 e. The van der Waals surface area contributed by atoms with Gasteiger partial charge in [-0.2, -0.15) is 0 Å². The Hall–Kier alpha value is -1.92. The first-order chi connectivity index (χ1) is 12.2. The van der Waals surface area contributed by atoms with E-state index in [-0.39, 0.29) is 12.0 Å². The van der Waals surface area contributed by atoms with Gasteiger partial charge in [0.2, 0.25) is 5.91 Å². The summed E-state index contributed by atoms with van der Waals surface area (Å²) in [5.41, 5.74) is 1.58. The van der Waals surface area contributed by atoms with Gasteiger partial charge < -0.3 is 19.6 Å². The molecule has 2 aliphatic rings. The summed E-state index contributed by atoms with van der Waals surface area (Å²) in [5, 5.41) is 7.25. The monoisotopic (exact) mass is 346 g/mol. The fourth-order valence-electron chi connectivity index (χ4n) is 3.51. The van der Waals surface area contributed by atoms with Gasteiger partial charge in [0.25, 0.3) is 0 Å². The lowest BCUT2D eigenvalue weighted by atomic mass is 9.74. The van der Waals surface area contributed by atoms with Crippen molar-refractivity contribution in [3.8, 4) is 0 Å². The zero-order chi connectivity index (χ0) is 17.5. The van der Waals surface area contributed by atoms with Crippen molar-refractivity contribution in [3.63, 3.8) is 0 Å². The summed E-state index contributed by atoms with van der Waals surface area (Å²) in [4.78, 5) is 18.5. The summed E-state index contributed by atoms with van der Waals surface area (Å²) in [6.07, 6.45) is 2.76. The second kappa shape index (κ2) is 8.45. The van der Waals surface area contributed by atoms with Crippen molar-refractivity contribution < 1.29 is 19.1 Å². The number of hydrogen-bond acceptors (Lipinski definition) is 5. The van der Waals surface area contributed by atoms with Crippen LogP contribution in [0.1, 0.15) is 31.2 Å². The number of carbonyl (C=O) groups is 1. The fourth-order valence-corrected chi connectivity index (χ4v) is 3.51. The standard InChI is InChI=1S/C19H26N2O4/c1-23-12-9-20-18(22)19(7-10-24-11-8-19)14-16-13-17(21-25-16)15-5-3-2-4-6-15/h2-6,16H,7-14H2,1H3,(H,20,22)/t16-/m0/s1. The molecule has 6 nitrogen and oxygen atoms in total. The van der Waals surface area contributed by atoms with Crippen LogP contribution in [0.2, 0.25) is 0 Å². The van der Waals surface area contributed by atoms with Crippen molar-refractivity contribution in [2.75, 3.05) is 33.5 Å². The first-order valence-corrected chi connectivity index (χ1v) is 8.87. The van der Waals surface area contributed by atoms with E-state index in [0.717, 1.165) is 17.7 Å². The SMILES string of the molecule is COCCNC(=O)C1(C[C@@H]2CC(c3ccccc3)=NO2)CCOCC1. The molecule has 0 spiro atoms. The molecule has 0 aromatic heterocycles. The van der Waals surface area contributed by atoms with Crippen LogP contribution in [0, 0.1) is 5.41 Å². The molecule has 0 unspecified atom stereocenters. The number of benzene rings is 1. The molecule has 1 aromatic rings. The van der Waals surface area contributed by atoms with Crippen LogP contribution < -0.4 is 5.32 Å². The zero-order valence-electron chi connectivity index (χ0n) is 14.7. The minimum absolute atomic E-state index is 0.0681. The van der Waals surface area contributed by atoms with Crippen molar-refractivity contribution in [1.29, 1.82) is 0 Å². The maximum absolute atomic E-state index is 12.8. The molecule has 1 fully saturated rings. The van der Waals surface area contributed by atoms with Gasteiger partial charge in [0, 0.05) is 39.7 Å². The molecule has 1 N–H and O–H groups in total. The average molecular weight is 346 g/mol. The van der Waals surface area contributed by atoms with Crippen molar-refractivity contribution in [2.45, 2.75) is 31.8 Å². The molecule has 2 heterocycles. The van der Waals surface area contributed by atoms with Gasteiger partial charge >= 0.3 is 0 Å². The molecular formula is C19H26N2O4. The van der Waals surface area contributed by atoms with E-state index >= 15 is 0 Å². The van der Waals surface area contributed by atoms with Gasteiger partial charge in [0.1, 0.15) is 6.10 Å². The highest BCUT2D eigenvalue weighted by atomic mass is 16.6. The molecule has 2 aliphatic heterocycles. The van der Waals surface area contributed by atoms with E-state index in [1.807, 2.05) is 30.3 Å². The van der Waals surface area contributed by atoms with Crippen LogP contribution in [0.25, 0.3) is 0 Å². The van der Waals surface area contributed by atoms with E-state index in [4.69, 9.17) is 14.3 Å². The first-order valence-electron chi connectivity index (χ1n) is 8.87. The number of nitrogens with zero attached hydrogens (tertiary/aromatic N) is 1. The lowest BCUT2D eigenvalue weighted by molar-refractivity contribution is -0.140. The van der Waals surface area contributed by atoms with Crippen molar-refractivity contribution in [1.82, 2.24) is 5.32 Å².